The number of rotatable bonds is 5. The summed E-state index contributed by atoms with van der Waals surface area (Å²) in [6.07, 6.45) is 2.92. The van der Waals surface area contributed by atoms with Crippen molar-refractivity contribution in [2.24, 2.45) is 0 Å². The van der Waals surface area contributed by atoms with Gasteiger partial charge in [-0.3, -0.25) is 9.59 Å². The van der Waals surface area contributed by atoms with Crippen molar-refractivity contribution < 1.29 is 19.5 Å². The number of ketones is 1. The van der Waals surface area contributed by atoms with Crippen molar-refractivity contribution in [3.63, 3.8) is 0 Å². The molecule has 0 amide bonds. The topological polar surface area (TPSA) is 71.4 Å². The zero-order valence-electron chi connectivity index (χ0n) is 9.59. The Morgan fingerprint density at radius 2 is 2.06 bits per heavy atom. The summed E-state index contributed by atoms with van der Waals surface area (Å²) in [6.45, 7) is 1.67. The summed E-state index contributed by atoms with van der Waals surface area (Å²) in [7, 11) is 0. The number of hydrogen-bond donors (Lipinski definition) is 1. The molecule has 0 saturated heterocycles. The summed E-state index contributed by atoms with van der Waals surface area (Å²) in [6, 6.07) is 4.53. The Bertz CT molecular complexity index is 518. The fourth-order valence-electron chi connectivity index (χ4n) is 1.38. The number of aliphatic carboxylic acids is 1. The first-order valence-corrected chi connectivity index (χ1v) is 6.05. The molecule has 1 N–H and O–H groups in total. The van der Waals surface area contributed by atoms with Crippen molar-refractivity contribution in [2.75, 3.05) is 0 Å². The normalized spacial score (nSPS) is 12.3. The smallest absolute Gasteiger partial charge is 0.328 e. The second kappa shape index (κ2) is 6.26. The fraction of sp³-hybridized carbons (Fsp3) is 0.154. The summed E-state index contributed by atoms with van der Waals surface area (Å²) in [5, 5.41) is 8.58. The zero-order chi connectivity index (χ0) is 13.7. The van der Waals surface area contributed by atoms with Gasteiger partial charge in [-0.1, -0.05) is 28.1 Å². The molecule has 4 nitrogen and oxygen atoms in total. The monoisotopic (exact) mass is 310 g/mol. The Hall–Kier alpha value is -1.75. The molecular weight excluding hydrogens is 300 g/mol. The van der Waals surface area contributed by atoms with Crippen LogP contribution in [-0.2, 0) is 4.79 Å². The minimum atomic E-state index is -1.10. The highest BCUT2D eigenvalue weighted by Crippen LogP contribution is 2.18. The van der Waals surface area contributed by atoms with E-state index < -0.39 is 10.8 Å². The molecule has 0 aliphatic heterocycles. The van der Waals surface area contributed by atoms with Crippen LogP contribution in [0, 0.1) is 0 Å². The fourth-order valence-corrected chi connectivity index (χ4v) is 1.63. The lowest BCUT2D eigenvalue weighted by Crippen LogP contribution is -2.12. The van der Waals surface area contributed by atoms with Crippen molar-refractivity contribution >= 4 is 40.0 Å². The predicted octanol–water partition coefficient (Wildman–Crippen LogP) is 2.56. The van der Waals surface area contributed by atoms with Crippen molar-refractivity contribution in [2.45, 2.75) is 11.8 Å². The highest BCUT2D eigenvalue weighted by Gasteiger charge is 2.15. The van der Waals surface area contributed by atoms with E-state index in [0.29, 0.717) is 23.0 Å². The molecule has 1 aromatic rings. The lowest BCUT2D eigenvalue weighted by molar-refractivity contribution is -0.131. The van der Waals surface area contributed by atoms with Crippen LogP contribution in [0.1, 0.15) is 33.2 Å². The van der Waals surface area contributed by atoms with E-state index in [2.05, 4.69) is 15.9 Å². The number of halogens is 1. The molecule has 18 heavy (non-hydrogen) atoms. The average molecular weight is 311 g/mol. The number of carboxylic acid groups (broad SMARTS) is 1. The second-order valence-electron chi connectivity index (χ2n) is 3.62. The maximum absolute atomic E-state index is 11.9. The minimum Gasteiger partial charge on any atom is -0.478 e. The molecule has 0 bridgehead atoms. The van der Waals surface area contributed by atoms with Crippen molar-refractivity contribution in [3.05, 3.63) is 41.0 Å². The van der Waals surface area contributed by atoms with Gasteiger partial charge in [0.25, 0.3) is 0 Å². The van der Waals surface area contributed by atoms with Gasteiger partial charge in [0.1, 0.15) is 6.29 Å². The van der Waals surface area contributed by atoms with Crippen LogP contribution in [0.3, 0.4) is 0 Å². The Balaban J connectivity index is 3.28. The van der Waals surface area contributed by atoms with Gasteiger partial charge in [-0.25, -0.2) is 4.79 Å². The molecule has 1 aromatic carbocycles. The summed E-state index contributed by atoms with van der Waals surface area (Å²) < 4.78 is 0. The predicted molar refractivity (Wildman–Crippen MR) is 71.2 cm³/mol. The molecule has 0 radical (unpaired) electrons. The van der Waals surface area contributed by atoms with Crippen LogP contribution in [0.5, 0.6) is 0 Å². The quantitative estimate of drug-likeness (QED) is 0.393. The largest absolute Gasteiger partial charge is 0.478 e. The molecule has 0 aliphatic carbocycles. The molecule has 0 spiro atoms. The van der Waals surface area contributed by atoms with E-state index in [-0.39, 0.29) is 5.78 Å². The minimum absolute atomic E-state index is 0.205. The van der Waals surface area contributed by atoms with Crippen molar-refractivity contribution in [1.82, 2.24) is 0 Å². The third-order valence-electron chi connectivity index (χ3n) is 2.25. The van der Waals surface area contributed by atoms with E-state index in [9.17, 15) is 14.4 Å². The molecular formula is C13H11BrO4. The highest BCUT2D eigenvalue weighted by molar-refractivity contribution is 9.10. The van der Waals surface area contributed by atoms with Gasteiger partial charge >= 0.3 is 5.97 Å². The molecule has 1 rings (SSSR count). The zero-order valence-corrected chi connectivity index (χ0v) is 11.2. The number of hydrogen-bond acceptors (Lipinski definition) is 3. The van der Waals surface area contributed by atoms with Crippen LogP contribution in [-0.4, -0.2) is 28.0 Å². The van der Waals surface area contributed by atoms with Gasteiger partial charge in [-0.2, -0.15) is 0 Å². The molecule has 0 fully saturated rings. The Morgan fingerprint density at radius 1 is 1.39 bits per heavy atom. The van der Waals surface area contributed by atoms with E-state index in [1.54, 1.807) is 13.0 Å². The van der Waals surface area contributed by atoms with Gasteiger partial charge in [0.2, 0.25) is 0 Å². The van der Waals surface area contributed by atoms with Crippen LogP contribution in [0.2, 0.25) is 0 Å². The second-order valence-corrected chi connectivity index (χ2v) is 4.99. The van der Waals surface area contributed by atoms with Gasteiger partial charge in [0, 0.05) is 17.2 Å². The van der Waals surface area contributed by atoms with E-state index in [1.165, 1.54) is 18.2 Å². The summed E-state index contributed by atoms with van der Waals surface area (Å²) in [5.74, 6) is -1.30. The number of benzene rings is 1. The van der Waals surface area contributed by atoms with E-state index in [1.807, 2.05) is 0 Å². The van der Waals surface area contributed by atoms with Crippen molar-refractivity contribution in [3.8, 4) is 0 Å². The number of carbonyl (C=O) groups is 3. The number of Topliss-reactive ketones (excluding diaryl/α,β-unsaturated/α-hetero) is 1. The molecule has 5 heteroatoms. The first-order valence-electron chi connectivity index (χ1n) is 5.14. The molecule has 94 valence electrons. The third-order valence-corrected chi connectivity index (χ3v) is 2.66. The Labute approximate surface area is 112 Å². The summed E-state index contributed by atoms with van der Waals surface area (Å²) in [4.78, 5) is 32.7. The van der Waals surface area contributed by atoms with Gasteiger partial charge in [0.15, 0.2) is 5.78 Å². The maximum atomic E-state index is 11.9. The Morgan fingerprint density at radius 3 is 2.56 bits per heavy atom. The number of carboxylic acids is 1. The lowest BCUT2D eigenvalue weighted by Gasteiger charge is -2.07. The van der Waals surface area contributed by atoms with Crippen molar-refractivity contribution in [1.29, 1.82) is 0 Å². The highest BCUT2D eigenvalue weighted by atomic mass is 79.9. The van der Waals surface area contributed by atoms with Gasteiger partial charge < -0.3 is 5.11 Å². The van der Waals surface area contributed by atoms with E-state index >= 15 is 0 Å². The third kappa shape index (κ3) is 3.63. The standard InChI is InChI=1S/C13H11BrO4/c1-8(14)13(18)11-6-9(7-15)2-3-10(11)4-5-12(16)17/h2-8H,1H3,(H,16,17). The molecule has 1 unspecified atom stereocenters. The Kier molecular flexibility index (Phi) is 4.97. The molecule has 0 aliphatic rings. The van der Waals surface area contributed by atoms with Gasteiger partial charge in [-0.05, 0) is 24.6 Å². The first kappa shape index (κ1) is 14.3. The van der Waals surface area contributed by atoms with E-state index in [4.69, 9.17) is 5.11 Å². The average Bonchev–Trinajstić information content (AvgIpc) is 2.35. The van der Waals surface area contributed by atoms with Crippen LogP contribution < -0.4 is 0 Å². The molecule has 0 aromatic heterocycles. The van der Waals surface area contributed by atoms with E-state index in [0.717, 1.165) is 6.08 Å². The maximum Gasteiger partial charge on any atom is 0.328 e. The molecule has 1 atom stereocenters. The lowest BCUT2D eigenvalue weighted by atomic mass is 9.99. The van der Waals surface area contributed by atoms with Crippen LogP contribution in [0.4, 0.5) is 0 Å². The summed E-state index contributed by atoms with van der Waals surface area (Å²) >= 11 is 3.16. The van der Waals surface area contributed by atoms with Crippen LogP contribution >= 0.6 is 15.9 Å². The number of aldehydes is 1. The van der Waals surface area contributed by atoms with Gasteiger partial charge in [0.05, 0.1) is 4.83 Å². The van der Waals surface area contributed by atoms with Gasteiger partial charge in [-0.15, -0.1) is 0 Å². The van der Waals surface area contributed by atoms with Crippen LogP contribution in [0.25, 0.3) is 6.08 Å². The molecule has 0 heterocycles. The molecule has 0 saturated carbocycles. The summed E-state index contributed by atoms with van der Waals surface area (Å²) in [5.41, 5.74) is 1.17. The first-order chi connectivity index (χ1) is 8.45. The number of alkyl halides is 1. The SMILES string of the molecule is CC(Br)C(=O)c1cc(C=O)ccc1C=CC(=O)O. The van der Waals surface area contributed by atoms with Crippen LogP contribution in [0.15, 0.2) is 24.3 Å². The number of carbonyl (C=O) groups excluding carboxylic acids is 2.